The molecule has 0 saturated heterocycles. The van der Waals surface area contributed by atoms with Crippen LogP contribution in [0, 0.1) is 0 Å². The number of carbonyl (C=O) groups is 1. The second-order valence-electron chi connectivity index (χ2n) is 4.77. The molecule has 0 radical (unpaired) electrons. The molecule has 1 N–H and O–H groups in total. The van der Waals surface area contributed by atoms with Crippen LogP contribution in [0.5, 0.6) is 0 Å². The van der Waals surface area contributed by atoms with Gasteiger partial charge in [-0.25, -0.2) is 0 Å². The monoisotopic (exact) mass is 293 g/mol. The molecule has 0 atom stereocenters. The Morgan fingerprint density at radius 3 is 2.38 bits per heavy atom. The van der Waals surface area contributed by atoms with Crippen LogP contribution in [0.1, 0.15) is 15.9 Å². The number of hydrogen-bond donors (Lipinski definition) is 1. The average molecular weight is 293 g/mol. The molecule has 0 unspecified atom stereocenters. The molecule has 0 aromatic heterocycles. The molecule has 0 saturated carbocycles. The number of rotatable bonds is 4. The minimum atomic E-state index is -0.0543. The minimum absolute atomic E-state index is 0.0543. The van der Waals surface area contributed by atoms with Gasteiger partial charge < -0.3 is 0 Å². The zero-order chi connectivity index (χ0) is 14.5. The summed E-state index contributed by atoms with van der Waals surface area (Å²) in [5.41, 5.74) is 1.88. The van der Waals surface area contributed by atoms with E-state index >= 15 is 0 Å². The molecule has 104 valence electrons. The minimum Gasteiger partial charge on any atom is -0.296 e. The van der Waals surface area contributed by atoms with Gasteiger partial charge in [0.15, 0.2) is 0 Å². The van der Waals surface area contributed by atoms with Gasteiger partial charge in [-0.15, -0.1) is 0 Å². The van der Waals surface area contributed by atoms with E-state index in [1.165, 1.54) is 28.3 Å². The molecule has 2 nitrogen and oxygen atoms in total. The highest BCUT2D eigenvalue weighted by molar-refractivity contribution is 7.97. The molecule has 1 amide bonds. The summed E-state index contributed by atoms with van der Waals surface area (Å²) in [6.45, 7) is 0. The van der Waals surface area contributed by atoms with Crippen LogP contribution in [0.25, 0.3) is 10.8 Å². The molecule has 0 spiro atoms. The third-order valence-electron chi connectivity index (χ3n) is 3.25. The predicted octanol–water partition coefficient (Wildman–Crippen LogP) is 4.42. The van der Waals surface area contributed by atoms with Crippen LogP contribution in [0.2, 0.25) is 0 Å². The van der Waals surface area contributed by atoms with Gasteiger partial charge in [0, 0.05) is 11.3 Å². The fraction of sp³-hybridized carbons (Fsp3) is 0.0556. The van der Waals surface area contributed by atoms with E-state index in [2.05, 4.69) is 35.1 Å². The van der Waals surface area contributed by atoms with Gasteiger partial charge in [0.2, 0.25) is 0 Å². The van der Waals surface area contributed by atoms with E-state index in [1.54, 1.807) is 0 Å². The summed E-state index contributed by atoms with van der Waals surface area (Å²) >= 11 is 1.42. The fourth-order valence-electron chi connectivity index (χ4n) is 2.16. The summed E-state index contributed by atoms with van der Waals surface area (Å²) in [5.74, 6) is 0.699. The van der Waals surface area contributed by atoms with Crippen LogP contribution in [0.3, 0.4) is 0 Å². The highest BCUT2D eigenvalue weighted by atomic mass is 32.2. The van der Waals surface area contributed by atoms with Gasteiger partial charge >= 0.3 is 0 Å². The molecule has 0 bridgehead atoms. The Balaban J connectivity index is 1.60. The Hall–Kier alpha value is -2.26. The number of fused-ring (bicyclic) bond motifs is 1. The first-order chi connectivity index (χ1) is 10.3. The average Bonchev–Trinajstić information content (AvgIpc) is 2.55. The first kappa shape index (κ1) is 13.7. The molecule has 3 rings (SSSR count). The zero-order valence-electron chi connectivity index (χ0n) is 11.5. The van der Waals surface area contributed by atoms with E-state index in [4.69, 9.17) is 0 Å². The van der Waals surface area contributed by atoms with Crippen molar-refractivity contribution >= 4 is 28.6 Å². The lowest BCUT2D eigenvalue weighted by Gasteiger charge is -2.05. The molecular weight excluding hydrogens is 278 g/mol. The molecule has 0 fully saturated rings. The van der Waals surface area contributed by atoms with Crippen LogP contribution in [0.15, 0.2) is 72.8 Å². The van der Waals surface area contributed by atoms with Gasteiger partial charge in [-0.2, -0.15) is 0 Å². The lowest BCUT2D eigenvalue weighted by molar-refractivity contribution is 0.0984. The maximum atomic E-state index is 11.9. The number of hydrogen-bond acceptors (Lipinski definition) is 2. The predicted molar refractivity (Wildman–Crippen MR) is 89.2 cm³/mol. The highest BCUT2D eigenvalue weighted by Crippen LogP contribution is 2.18. The van der Waals surface area contributed by atoms with E-state index in [1.807, 2.05) is 42.5 Å². The Bertz CT molecular complexity index is 755. The maximum Gasteiger partial charge on any atom is 0.261 e. The van der Waals surface area contributed by atoms with Gasteiger partial charge in [0.05, 0.1) is 0 Å². The Morgan fingerprint density at radius 2 is 1.57 bits per heavy atom. The standard InChI is InChI=1S/C18H15NOS/c20-18(16-7-2-1-3-8-16)19-21-13-14-10-11-15-6-4-5-9-17(15)12-14/h1-12H,13H2,(H,19,20). The first-order valence-corrected chi connectivity index (χ1v) is 7.76. The quantitative estimate of drug-likeness (QED) is 0.722. The molecule has 21 heavy (non-hydrogen) atoms. The topological polar surface area (TPSA) is 29.1 Å². The van der Waals surface area contributed by atoms with Gasteiger partial charge in [-0.1, -0.05) is 60.7 Å². The van der Waals surface area contributed by atoms with Crippen LogP contribution in [-0.2, 0) is 5.75 Å². The Kier molecular flexibility index (Phi) is 4.22. The van der Waals surface area contributed by atoms with E-state index in [0.717, 1.165) is 5.75 Å². The molecular formula is C18H15NOS. The summed E-state index contributed by atoms with van der Waals surface area (Å²) in [4.78, 5) is 11.9. The Morgan fingerprint density at radius 1 is 0.857 bits per heavy atom. The fourth-order valence-corrected chi connectivity index (χ4v) is 2.83. The van der Waals surface area contributed by atoms with Crippen molar-refractivity contribution in [1.29, 1.82) is 0 Å². The number of benzene rings is 3. The summed E-state index contributed by atoms with van der Waals surface area (Å²) in [6.07, 6.45) is 0. The van der Waals surface area contributed by atoms with Crippen LogP contribution >= 0.6 is 11.9 Å². The molecule has 0 aliphatic carbocycles. The molecule has 3 aromatic rings. The second kappa shape index (κ2) is 6.46. The van der Waals surface area contributed by atoms with E-state index in [0.29, 0.717) is 5.56 Å². The Labute approximate surface area is 128 Å². The zero-order valence-corrected chi connectivity index (χ0v) is 12.3. The molecule has 3 aromatic carbocycles. The molecule has 0 aliphatic rings. The SMILES string of the molecule is O=C(NSCc1ccc2ccccc2c1)c1ccccc1. The number of carbonyl (C=O) groups excluding carboxylic acids is 1. The van der Waals surface area contributed by atoms with Crippen molar-refractivity contribution in [3.63, 3.8) is 0 Å². The normalized spacial score (nSPS) is 10.5. The number of nitrogens with one attached hydrogen (secondary N) is 1. The molecule has 0 heterocycles. The van der Waals surface area contributed by atoms with Gasteiger partial charge in [-0.3, -0.25) is 9.52 Å². The third kappa shape index (κ3) is 3.44. The van der Waals surface area contributed by atoms with E-state index in [-0.39, 0.29) is 5.91 Å². The van der Waals surface area contributed by atoms with Crippen molar-refractivity contribution in [2.24, 2.45) is 0 Å². The lowest BCUT2D eigenvalue weighted by Crippen LogP contribution is -2.15. The van der Waals surface area contributed by atoms with Gasteiger partial charge in [-0.05, 0) is 40.4 Å². The van der Waals surface area contributed by atoms with Crippen LogP contribution < -0.4 is 4.72 Å². The van der Waals surface area contributed by atoms with Crippen LogP contribution in [0.4, 0.5) is 0 Å². The van der Waals surface area contributed by atoms with E-state index in [9.17, 15) is 4.79 Å². The first-order valence-electron chi connectivity index (χ1n) is 6.78. The van der Waals surface area contributed by atoms with Crippen molar-refractivity contribution in [2.75, 3.05) is 0 Å². The largest absolute Gasteiger partial charge is 0.296 e. The van der Waals surface area contributed by atoms with Gasteiger partial charge in [0.1, 0.15) is 0 Å². The number of amides is 1. The highest BCUT2D eigenvalue weighted by Gasteiger charge is 2.04. The van der Waals surface area contributed by atoms with Gasteiger partial charge in [0.25, 0.3) is 5.91 Å². The summed E-state index contributed by atoms with van der Waals surface area (Å²) in [7, 11) is 0. The maximum absolute atomic E-state index is 11.9. The summed E-state index contributed by atoms with van der Waals surface area (Å²) < 4.78 is 2.87. The second-order valence-corrected chi connectivity index (χ2v) is 5.55. The van der Waals surface area contributed by atoms with Crippen molar-refractivity contribution in [2.45, 2.75) is 5.75 Å². The van der Waals surface area contributed by atoms with Crippen LogP contribution in [-0.4, -0.2) is 5.91 Å². The smallest absolute Gasteiger partial charge is 0.261 e. The van der Waals surface area contributed by atoms with Crippen molar-refractivity contribution in [3.8, 4) is 0 Å². The molecule has 3 heteroatoms. The molecule has 0 aliphatic heterocycles. The van der Waals surface area contributed by atoms with Crippen molar-refractivity contribution < 1.29 is 4.79 Å². The van der Waals surface area contributed by atoms with Crippen molar-refractivity contribution in [1.82, 2.24) is 4.72 Å². The van der Waals surface area contributed by atoms with E-state index < -0.39 is 0 Å². The lowest BCUT2D eigenvalue weighted by atomic mass is 10.1. The summed E-state index contributed by atoms with van der Waals surface area (Å²) in [6, 6.07) is 23.9. The third-order valence-corrected chi connectivity index (χ3v) is 4.06. The van der Waals surface area contributed by atoms with Crippen molar-refractivity contribution in [3.05, 3.63) is 83.9 Å². The summed E-state index contributed by atoms with van der Waals surface area (Å²) in [5, 5.41) is 2.46.